The third kappa shape index (κ3) is 3.98. The maximum absolute atomic E-state index is 12.7. The fourth-order valence-corrected chi connectivity index (χ4v) is 3.10. The molecule has 106 valence electrons. The highest BCUT2D eigenvalue weighted by Crippen LogP contribution is 2.24. The Labute approximate surface area is 112 Å². The number of hydrogen-bond donors (Lipinski definition) is 1. The third-order valence-electron chi connectivity index (χ3n) is 4.06. The lowest BCUT2D eigenvalue weighted by molar-refractivity contribution is -0.140. The zero-order valence-electron chi connectivity index (χ0n) is 12.3. The normalized spacial score (nSPS) is 22.3. The number of nitrogens with zero attached hydrogens (tertiary/aromatic N) is 1. The molecule has 1 aliphatic rings. The van der Waals surface area contributed by atoms with E-state index in [-0.39, 0.29) is 18.0 Å². The number of hydrogen-bond acceptors (Lipinski definition) is 2. The van der Waals surface area contributed by atoms with E-state index in [4.69, 9.17) is 5.73 Å². The summed E-state index contributed by atoms with van der Waals surface area (Å²) in [5.74, 6) is 0.583. The van der Waals surface area contributed by atoms with Crippen LogP contribution in [0.4, 0.5) is 0 Å². The van der Waals surface area contributed by atoms with E-state index in [9.17, 15) is 4.79 Å². The lowest BCUT2D eigenvalue weighted by Crippen LogP contribution is -2.53. The molecule has 2 N–H and O–H groups in total. The first kappa shape index (κ1) is 15.5. The molecule has 18 heavy (non-hydrogen) atoms. The Morgan fingerprint density at radius 2 is 1.89 bits per heavy atom. The summed E-state index contributed by atoms with van der Waals surface area (Å²) in [5, 5.41) is 0. The van der Waals surface area contributed by atoms with Gasteiger partial charge in [-0.1, -0.05) is 26.7 Å². The Morgan fingerprint density at radius 3 is 2.39 bits per heavy atom. The van der Waals surface area contributed by atoms with Gasteiger partial charge in [-0.2, -0.15) is 0 Å². The van der Waals surface area contributed by atoms with Crippen molar-refractivity contribution in [2.45, 2.75) is 77.8 Å². The Morgan fingerprint density at radius 1 is 1.28 bits per heavy atom. The highest BCUT2D eigenvalue weighted by atomic mass is 16.2. The molecule has 0 aromatic heterocycles. The largest absolute Gasteiger partial charge is 0.338 e. The van der Waals surface area contributed by atoms with Crippen LogP contribution in [0.15, 0.2) is 0 Å². The number of piperidine rings is 1. The first-order valence-electron chi connectivity index (χ1n) is 7.67. The van der Waals surface area contributed by atoms with Crippen LogP contribution in [0.2, 0.25) is 0 Å². The van der Waals surface area contributed by atoms with Gasteiger partial charge in [-0.3, -0.25) is 4.79 Å². The molecule has 2 atom stereocenters. The zero-order chi connectivity index (χ0) is 13.5. The molecule has 0 spiro atoms. The highest BCUT2D eigenvalue weighted by Gasteiger charge is 2.32. The predicted molar refractivity (Wildman–Crippen MR) is 76.3 cm³/mol. The molecule has 1 fully saturated rings. The van der Waals surface area contributed by atoms with Crippen LogP contribution in [0.5, 0.6) is 0 Å². The molecule has 3 nitrogen and oxygen atoms in total. The predicted octanol–water partition coefficient (Wildman–Crippen LogP) is 2.93. The van der Waals surface area contributed by atoms with Crippen LogP contribution < -0.4 is 5.73 Å². The van der Waals surface area contributed by atoms with Gasteiger partial charge in [-0.05, 0) is 39.0 Å². The van der Waals surface area contributed by atoms with Gasteiger partial charge in [0.25, 0.3) is 0 Å². The molecule has 0 aliphatic carbocycles. The van der Waals surface area contributed by atoms with Crippen LogP contribution in [0, 0.1) is 5.92 Å². The lowest BCUT2D eigenvalue weighted by Gasteiger charge is -2.40. The number of amides is 1. The van der Waals surface area contributed by atoms with Crippen molar-refractivity contribution in [3.8, 4) is 0 Å². The first-order valence-corrected chi connectivity index (χ1v) is 7.67. The van der Waals surface area contributed by atoms with Crippen molar-refractivity contribution in [3.63, 3.8) is 0 Å². The summed E-state index contributed by atoms with van der Waals surface area (Å²) in [7, 11) is 0. The average Bonchev–Trinajstić information content (AvgIpc) is 2.37. The minimum atomic E-state index is 0.0955. The topological polar surface area (TPSA) is 46.3 Å². The number of carbonyl (C=O) groups excluding carboxylic acids is 1. The van der Waals surface area contributed by atoms with Gasteiger partial charge < -0.3 is 10.6 Å². The van der Waals surface area contributed by atoms with Crippen LogP contribution in [0.3, 0.4) is 0 Å². The van der Waals surface area contributed by atoms with Gasteiger partial charge in [0.05, 0.1) is 0 Å². The minimum Gasteiger partial charge on any atom is -0.338 e. The second kappa shape index (κ2) is 7.78. The summed E-state index contributed by atoms with van der Waals surface area (Å²) in [6.45, 7) is 7.27. The summed E-state index contributed by atoms with van der Waals surface area (Å²) in [5.41, 5.74) is 6.05. The summed E-state index contributed by atoms with van der Waals surface area (Å²) < 4.78 is 0. The highest BCUT2D eigenvalue weighted by molar-refractivity contribution is 5.79. The molecular formula is C15H30N2O. The first-order chi connectivity index (χ1) is 8.61. The monoisotopic (exact) mass is 254 g/mol. The van der Waals surface area contributed by atoms with Crippen LogP contribution >= 0.6 is 0 Å². The molecule has 0 radical (unpaired) electrons. The smallest absolute Gasteiger partial charge is 0.225 e. The Bertz CT molecular complexity index is 247. The van der Waals surface area contributed by atoms with Crippen LogP contribution in [-0.4, -0.2) is 29.4 Å². The Kier molecular flexibility index (Phi) is 6.69. The van der Waals surface area contributed by atoms with Gasteiger partial charge in [0, 0.05) is 24.5 Å². The van der Waals surface area contributed by atoms with Gasteiger partial charge in [-0.15, -0.1) is 0 Å². The zero-order valence-corrected chi connectivity index (χ0v) is 12.3. The van der Waals surface area contributed by atoms with Crippen LogP contribution in [0.1, 0.15) is 65.7 Å². The summed E-state index contributed by atoms with van der Waals surface area (Å²) >= 11 is 0. The lowest BCUT2D eigenvalue weighted by atomic mass is 9.91. The van der Waals surface area contributed by atoms with Gasteiger partial charge >= 0.3 is 0 Å². The van der Waals surface area contributed by atoms with E-state index in [1.54, 1.807) is 0 Å². The van der Waals surface area contributed by atoms with E-state index in [1.165, 1.54) is 6.42 Å². The summed E-state index contributed by atoms with van der Waals surface area (Å²) in [6.07, 6.45) is 7.65. The standard InChI is InChI=1S/C15H30N2O/c1-4-8-13(9-5-2)15(18)17-11-7-6-10-14(17)12(3)16/h12-14H,4-11,16H2,1-3H3. The van der Waals surface area contributed by atoms with Crippen molar-refractivity contribution >= 4 is 5.91 Å². The van der Waals surface area contributed by atoms with E-state index >= 15 is 0 Å². The molecule has 3 heteroatoms. The van der Waals surface area contributed by atoms with Crippen molar-refractivity contribution in [1.82, 2.24) is 4.90 Å². The minimum absolute atomic E-state index is 0.0955. The van der Waals surface area contributed by atoms with Crippen molar-refractivity contribution in [3.05, 3.63) is 0 Å². The fraction of sp³-hybridized carbons (Fsp3) is 0.933. The summed E-state index contributed by atoms with van der Waals surface area (Å²) in [4.78, 5) is 14.8. The van der Waals surface area contributed by atoms with Crippen LogP contribution in [0.25, 0.3) is 0 Å². The quantitative estimate of drug-likeness (QED) is 0.792. The fourth-order valence-electron chi connectivity index (χ4n) is 3.10. The molecule has 1 rings (SSSR count). The van der Waals surface area contributed by atoms with Gasteiger partial charge in [0.15, 0.2) is 0 Å². The summed E-state index contributed by atoms with van der Waals surface area (Å²) in [6, 6.07) is 0.362. The van der Waals surface area contributed by atoms with Crippen molar-refractivity contribution in [2.24, 2.45) is 11.7 Å². The van der Waals surface area contributed by atoms with Crippen molar-refractivity contribution in [2.75, 3.05) is 6.54 Å². The molecule has 0 bridgehead atoms. The molecule has 0 aromatic carbocycles. The number of rotatable bonds is 6. The Hall–Kier alpha value is -0.570. The second-order valence-electron chi connectivity index (χ2n) is 5.73. The second-order valence-corrected chi connectivity index (χ2v) is 5.73. The maximum Gasteiger partial charge on any atom is 0.225 e. The van der Waals surface area contributed by atoms with Gasteiger partial charge in [-0.25, -0.2) is 0 Å². The SMILES string of the molecule is CCCC(CCC)C(=O)N1CCCCC1C(C)N. The number of likely N-dealkylation sites (tertiary alicyclic amines) is 1. The van der Waals surface area contributed by atoms with E-state index in [0.717, 1.165) is 45.1 Å². The van der Waals surface area contributed by atoms with Crippen molar-refractivity contribution in [1.29, 1.82) is 0 Å². The number of carbonyl (C=O) groups is 1. The third-order valence-corrected chi connectivity index (χ3v) is 4.06. The van der Waals surface area contributed by atoms with Gasteiger partial charge in [0.2, 0.25) is 5.91 Å². The van der Waals surface area contributed by atoms with Gasteiger partial charge in [0.1, 0.15) is 0 Å². The molecule has 0 aromatic rings. The molecule has 1 heterocycles. The van der Waals surface area contributed by atoms with E-state index in [2.05, 4.69) is 18.7 Å². The van der Waals surface area contributed by atoms with E-state index < -0.39 is 0 Å². The maximum atomic E-state index is 12.7. The molecule has 1 saturated heterocycles. The molecule has 2 unspecified atom stereocenters. The Balaban J connectivity index is 2.70. The molecular weight excluding hydrogens is 224 g/mol. The molecule has 0 saturated carbocycles. The molecule has 1 amide bonds. The number of nitrogens with two attached hydrogens (primary N) is 1. The van der Waals surface area contributed by atoms with E-state index in [0.29, 0.717) is 5.91 Å². The average molecular weight is 254 g/mol. The van der Waals surface area contributed by atoms with Crippen molar-refractivity contribution < 1.29 is 4.79 Å². The molecule has 1 aliphatic heterocycles. The van der Waals surface area contributed by atoms with E-state index in [1.807, 2.05) is 6.92 Å². The van der Waals surface area contributed by atoms with Crippen LogP contribution in [-0.2, 0) is 4.79 Å².